The molecule has 0 unspecified atom stereocenters. The summed E-state index contributed by atoms with van der Waals surface area (Å²) < 4.78 is 25.1. The molecule has 2 fully saturated rings. The lowest BCUT2D eigenvalue weighted by molar-refractivity contribution is -0.128. The van der Waals surface area contributed by atoms with E-state index in [1.54, 1.807) is 35.2 Å². The number of carbonyl (C=O) groups is 3. The minimum Gasteiger partial charge on any atom is -0.497 e. The standard InChI is InChI=1S/C26H30FN3O5/c1-17(2)28-23(31)22-16-35-26(30(22)25(33)19-7-5-9-21(15-19)34-3)10-12-29(13-11-26)24(32)18-6-4-8-20(27)14-18/h4-9,14-15,17,22H,10-13,16H2,1-3H3,(H,28,31)/t22-/m0/s1. The highest BCUT2D eigenvalue weighted by Gasteiger charge is 2.54. The lowest BCUT2D eigenvalue weighted by atomic mass is 9.96. The molecule has 2 aromatic carbocycles. The van der Waals surface area contributed by atoms with Gasteiger partial charge < -0.3 is 19.7 Å². The van der Waals surface area contributed by atoms with Crippen LogP contribution in [-0.2, 0) is 9.53 Å². The number of nitrogens with zero attached hydrogens (tertiary/aromatic N) is 2. The number of hydrogen-bond donors (Lipinski definition) is 1. The van der Waals surface area contributed by atoms with E-state index in [1.807, 2.05) is 13.8 Å². The zero-order valence-electron chi connectivity index (χ0n) is 20.1. The van der Waals surface area contributed by atoms with Gasteiger partial charge in [-0.2, -0.15) is 0 Å². The summed E-state index contributed by atoms with van der Waals surface area (Å²) in [5.74, 6) is -0.847. The summed E-state index contributed by atoms with van der Waals surface area (Å²) in [5.41, 5.74) is -0.376. The van der Waals surface area contributed by atoms with Crippen LogP contribution in [0.4, 0.5) is 4.39 Å². The highest BCUT2D eigenvalue weighted by Crippen LogP contribution is 2.39. The summed E-state index contributed by atoms with van der Waals surface area (Å²) in [6.45, 7) is 4.38. The molecule has 1 N–H and O–H groups in total. The fourth-order valence-corrected chi connectivity index (χ4v) is 4.71. The SMILES string of the molecule is COc1cccc(C(=O)N2[C@H](C(=O)NC(C)C)COC23CCN(C(=O)c2cccc(F)c2)CC3)c1. The average molecular weight is 484 g/mol. The highest BCUT2D eigenvalue weighted by atomic mass is 19.1. The molecule has 4 rings (SSSR count). The van der Waals surface area contributed by atoms with Gasteiger partial charge in [0.1, 0.15) is 23.3 Å². The molecular formula is C26H30FN3O5. The van der Waals surface area contributed by atoms with E-state index in [4.69, 9.17) is 9.47 Å². The molecule has 0 aromatic heterocycles. The van der Waals surface area contributed by atoms with Gasteiger partial charge in [-0.15, -0.1) is 0 Å². The first kappa shape index (κ1) is 24.7. The molecule has 0 radical (unpaired) electrons. The minimum absolute atomic E-state index is 0.0616. The minimum atomic E-state index is -1.03. The first-order chi connectivity index (χ1) is 16.7. The van der Waals surface area contributed by atoms with E-state index in [1.165, 1.54) is 30.2 Å². The van der Waals surface area contributed by atoms with Crippen LogP contribution < -0.4 is 10.1 Å². The average Bonchev–Trinajstić information content (AvgIpc) is 3.21. The van der Waals surface area contributed by atoms with Crippen molar-refractivity contribution in [2.24, 2.45) is 0 Å². The molecule has 1 spiro atoms. The number of benzene rings is 2. The van der Waals surface area contributed by atoms with E-state index in [0.717, 1.165) is 0 Å². The summed E-state index contributed by atoms with van der Waals surface area (Å²) in [6.07, 6.45) is 0.657. The van der Waals surface area contributed by atoms with Gasteiger partial charge in [-0.25, -0.2) is 4.39 Å². The molecule has 1 atom stereocenters. The van der Waals surface area contributed by atoms with Crippen LogP contribution in [0.1, 0.15) is 47.4 Å². The molecule has 9 heteroatoms. The molecule has 2 heterocycles. The number of carbonyl (C=O) groups excluding carboxylic acids is 3. The zero-order chi connectivity index (χ0) is 25.2. The van der Waals surface area contributed by atoms with E-state index in [0.29, 0.717) is 37.2 Å². The fraction of sp³-hybridized carbons (Fsp3) is 0.423. The number of hydrogen-bond acceptors (Lipinski definition) is 5. The number of amides is 3. The second-order valence-electron chi connectivity index (χ2n) is 9.15. The van der Waals surface area contributed by atoms with Gasteiger partial charge in [0.2, 0.25) is 5.91 Å². The van der Waals surface area contributed by atoms with Crippen molar-refractivity contribution >= 4 is 17.7 Å². The molecule has 2 aliphatic heterocycles. The molecular weight excluding hydrogens is 453 g/mol. The third-order valence-electron chi connectivity index (χ3n) is 6.43. The summed E-state index contributed by atoms with van der Waals surface area (Å²) in [4.78, 5) is 42.9. The highest BCUT2D eigenvalue weighted by molar-refractivity contribution is 5.99. The zero-order valence-corrected chi connectivity index (χ0v) is 20.1. The van der Waals surface area contributed by atoms with Crippen LogP contribution in [0.2, 0.25) is 0 Å². The Bertz CT molecular complexity index is 1110. The maximum atomic E-state index is 13.8. The van der Waals surface area contributed by atoms with E-state index >= 15 is 0 Å². The number of piperidine rings is 1. The lowest BCUT2D eigenvalue weighted by Gasteiger charge is -2.44. The lowest BCUT2D eigenvalue weighted by Crippen LogP contribution is -2.60. The maximum absolute atomic E-state index is 13.8. The van der Waals surface area contributed by atoms with Gasteiger partial charge in [-0.1, -0.05) is 12.1 Å². The van der Waals surface area contributed by atoms with Crippen LogP contribution in [0.5, 0.6) is 5.75 Å². The van der Waals surface area contributed by atoms with Crippen molar-refractivity contribution in [1.29, 1.82) is 0 Å². The van der Waals surface area contributed by atoms with Crippen molar-refractivity contribution in [2.75, 3.05) is 26.8 Å². The Morgan fingerprint density at radius 2 is 1.71 bits per heavy atom. The topological polar surface area (TPSA) is 88.2 Å². The van der Waals surface area contributed by atoms with Gasteiger partial charge in [-0.3, -0.25) is 19.3 Å². The van der Waals surface area contributed by atoms with Crippen molar-refractivity contribution in [3.05, 3.63) is 65.5 Å². The Morgan fingerprint density at radius 3 is 2.34 bits per heavy atom. The molecule has 2 aromatic rings. The van der Waals surface area contributed by atoms with Crippen molar-refractivity contribution in [3.8, 4) is 5.75 Å². The van der Waals surface area contributed by atoms with Crippen LogP contribution in [0.15, 0.2) is 48.5 Å². The number of methoxy groups -OCH3 is 1. The Labute approximate surface area is 204 Å². The van der Waals surface area contributed by atoms with E-state index in [-0.39, 0.29) is 35.9 Å². The Balaban J connectivity index is 1.59. The Hall–Kier alpha value is -3.46. The molecule has 35 heavy (non-hydrogen) atoms. The normalized spacial score (nSPS) is 19.2. The summed E-state index contributed by atoms with van der Waals surface area (Å²) in [6, 6.07) is 11.5. The van der Waals surface area contributed by atoms with Crippen molar-refractivity contribution in [2.45, 2.75) is 44.5 Å². The van der Waals surface area contributed by atoms with Crippen LogP contribution in [0, 0.1) is 5.82 Å². The third-order valence-corrected chi connectivity index (χ3v) is 6.43. The van der Waals surface area contributed by atoms with Crippen LogP contribution in [0.25, 0.3) is 0 Å². The number of ether oxygens (including phenoxy) is 2. The van der Waals surface area contributed by atoms with Crippen molar-refractivity contribution < 1.29 is 28.2 Å². The van der Waals surface area contributed by atoms with Gasteiger partial charge in [0.25, 0.3) is 11.8 Å². The molecule has 186 valence electrons. The molecule has 0 aliphatic carbocycles. The van der Waals surface area contributed by atoms with Gasteiger partial charge in [0, 0.05) is 43.1 Å². The molecule has 3 amide bonds. The summed E-state index contributed by atoms with van der Waals surface area (Å²) in [5, 5.41) is 2.88. The predicted octanol–water partition coefficient (Wildman–Crippen LogP) is 2.83. The molecule has 2 saturated heterocycles. The number of nitrogens with one attached hydrogen (secondary N) is 1. The molecule has 0 bridgehead atoms. The number of likely N-dealkylation sites (tertiary alicyclic amines) is 1. The summed E-state index contributed by atoms with van der Waals surface area (Å²) >= 11 is 0. The second kappa shape index (κ2) is 10.0. The molecule has 2 aliphatic rings. The van der Waals surface area contributed by atoms with Crippen LogP contribution in [0.3, 0.4) is 0 Å². The first-order valence-corrected chi connectivity index (χ1v) is 11.7. The second-order valence-corrected chi connectivity index (χ2v) is 9.15. The van der Waals surface area contributed by atoms with Gasteiger partial charge in [-0.05, 0) is 50.2 Å². The maximum Gasteiger partial charge on any atom is 0.257 e. The summed E-state index contributed by atoms with van der Waals surface area (Å²) in [7, 11) is 1.52. The van der Waals surface area contributed by atoms with Gasteiger partial charge in [0.15, 0.2) is 0 Å². The van der Waals surface area contributed by atoms with Crippen molar-refractivity contribution in [3.63, 3.8) is 0 Å². The third kappa shape index (κ3) is 5.00. The molecule has 8 nitrogen and oxygen atoms in total. The van der Waals surface area contributed by atoms with Crippen molar-refractivity contribution in [1.82, 2.24) is 15.1 Å². The van der Waals surface area contributed by atoms with E-state index < -0.39 is 17.6 Å². The predicted molar refractivity (Wildman–Crippen MR) is 126 cm³/mol. The quantitative estimate of drug-likeness (QED) is 0.707. The van der Waals surface area contributed by atoms with Crippen LogP contribution in [-0.4, -0.2) is 72.1 Å². The van der Waals surface area contributed by atoms with Gasteiger partial charge in [0.05, 0.1) is 13.7 Å². The van der Waals surface area contributed by atoms with E-state index in [9.17, 15) is 18.8 Å². The van der Waals surface area contributed by atoms with Gasteiger partial charge >= 0.3 is 0 Å². The largest absolute Gasteiger partial charge is 0.497 e. The fourth-order valence-electron chi connectivity index (χ4n) is 4.71. The number of halogens is 1. The van der Waals surface area contributed by atoms with E-state index in [2.05, 4.69) is 5.32 Å². The smallest absolute Gasteiger partial charge is 0.257 e. The Morgan fingerprint density at radius 1 is 1.06 bits per heavy atom. The monoisotopic (exact) mass is 483 g/mol. The van der Waals surface area contributed by atoms with Crippen LogP contribution >= 0.6 is 0 Å². The Kier molecular flexibility index (Phi) is 7.07. The number of rotatable bonds is 5. The first-order valence-electron chi connectivity index (χ1n) is 11.7. The molecule has 0 saturated carbocycles.